The van der Waals surface area contributed by atoms with Crippen molar-refractivity contribution in [3.8, 4) is 23.1 Å². The fraction of sp³-hybridized carbons (Fsp3) is 0.435. The lowest BCUT2D eigenvalue weighted by Crippen LogP contribution is -2.42. The molecule has 0 unspecified atom stereocenters. The predicted octanol–water partition coefficient (Wildman–Crippen LogP) is 5.53. The minimum atomic E-state index is -4.70. The van der Waals surface area contributed by atoms with Crippen LogP contribution in [0.3, 0.4) is 0 Å². The largest absolute Gasteiger partial charge is 0.497 e. The van der Waals surface area contributed by atoms with Gasteiger partial charge < -0.3 is 9.64 Å². The van der Waals surface area contributed by atoms with Gasteiger partial charge in [0.15, 0.2) is 0 Å². The second kappa shape index (κ2) is 10.3. The number of halogens is 3. The molecule has 0 N–H and O–H groups in total. The van der Waals surface area contributed by atoms with E-state index in [-0.39, 0.29) is 34.8 Å². The van der Waals surface area contributed by atoms with Crippen LogP contribution in [0.1, 0.15) is 43.7 Å². The molecule has 1 atom stereocenters. The highest BCUT2D eigenvalue weighted by molar-refractivity contribution is 7.99. The molecule has 2 aromatic rings. The van der Waals surface area contributed by atoms with E-state index in [0.29, 0.717) is 17.9 Å². The summed E-state index contributed by atoms with van der Waals surface area (Å²) in [7, 11) is 1.50. The van der Waals surface area contributed by atoms with Gasteiger partial charge in [-0.1, -0.05) is 0 Å². The number of carbonyl (C=O) groups is 1. The molecule has 3 rings (SSSR count). The zero-order valence-electron chi connectivity index (χ0n) is 17.9. The molecular weight excluding hydrogens is 439 g/mol. The van der Waals surface area contributed by atoms with Crippen LogP contribution >= 0.6 is 11.8 Å². The van der Waals surface area contributed by atoms with E-state index in [1.54, 1.807) is 30.3 Å². The molecule has 0 saturated carbocycles. The number of likely N-dealkylation sites (tertiary alicyclic amines) is 1. The van der Waals surface area contributed by atoms with E-state index < -0.39 is 17.3 Å². The molecule has 0 aliphatic carbocycles. The summed E-state index contributed by atoms with van der Waals surface area (Å²) in [4.78, 5) is 18.7. The van der Waals surface area contributed by atoms with Gasteiger partial charge in [-0.2, -0.15) is 18.4 Å². The Morgan fingerprint density at radius 1 is 1.31 bits per heavy atom. The Kier molecular flexibility index (Phi) is 7.67. The summed E-state index contributed by atoms with van der Waals surface area (Å²) in [5.41, 5.74) is -0.962. The number of hydrogen-bond acceptors (Lipinski definition) is 5. The molecule has 1 saturated heterocycles. The van der Waals surface area contributed by atoms with Gasteiger partial charge in [0.25, 0.3) is 0 Å². The zero-order chi connectivity index (χ0) is 23.3. The molecule has 2 heterocycles. The van der Waals surface area contributed by atoms with Gasteiger partial charge in [0.1, 0.15) is 16.8 Å². The first kappa shape index (κ1) is 23.9. The number of benzene rings is 1. The molecule has 1 fully saturated rings. The molecule has 1 aliphatic heterocycles. The van der Waals surface area contributed by atoms with Gasteiger partial charge in [-0.25, -0.2) is 4.98 Å². The average Bonchev–Trinajstić information content (AvgIpc) is 2.78. The lowest BCUT2D eigenvalue weighted by molar-refractivity contribution is -0.138. The van der Waals surface area contributed by atoms with Crippen molar-refractivity contribution < 1.29 is 22.7 Å². The zero-order valence-corrected chi connectivity index (χ0v) is 18.7. The minimum absolute atomic E-state index is 0.0207. The number of nitrogens with zero attached hydrogens (tertiary/aromatic N) is 3. The Bertz CT molecular complexity index is 1000. The predicted molar refractivity (Wildman–Crippen MR) is 116 cm³/mol. The lowest BCUT2D eigenvalue weighted by Gasteiger charge is -2.33. The molecule has 0 radical (unpaired) electrons. The van der Waals surface area contributed by atoms with E-state index in [2.05, 4.69) is 4.98 Å². The fourth-order valence-electron chi connectivity index (χ4n) is 3.71. The van der Waals surface area contributed by atoms with Gasteiger partial charge in [0, 0.05) is 30.3 Å². The first-order chi connectivity index (χ1) is 15.2. The summed E-state index contributed by atoms with van der Waals surface area (Å²) < 4.78 is 46.2. The number of carbonyl (C=O) groups excluding carboxylic acids is 1. The Labute approximate surface area is 189 Å². The van der Waals surface area contributed by atoms with E-state index in [9.17, 15) is 23.2 Å². The molecule has 1 aromatic heterocycles. The number of alkyl halides is 3. The summed E-state index contributed by atoms with van der Waals surface area (Å²) in [6.07, 6.45) is -1.52. The van der Waals surface area contributed by atoms with Crippen molar-refractivity contribution in [3.63, 3.8) is 0 Å². The Morgan fingerprint density at radius 2 is 2.03 bits per heavy atom. The maximum Gasteiger partial charge on any atom is 0.417 e. The van der Waals surface area contributed by atoms with E-state index in [1.807, 2.05) is 11.8 Å². The molecule has 9 heteroatoms. The van der Waals surface area contributed by atoms with Gasteiger partial charge in [0.05, 0.1) is 23.9 Å². The number of rotatable bonds is 6. The third-order valence-corrected chi connectivity index (χ3v) is 6.44. The van der Waals surface area contributed by atoms with Gasteiger partial charge in [-0.3, -0.25) is 4.79 Å². The van der Waals surface area contributed by atoms with Crippen molar-refractivity contribution >= 4 is 17.7 Å². The smallest absolute Gasteiger partial charge is 0.417 e. The van der Waals surface area contributed by atoms with Crippen molar-refractivity contribution in [1.29, 1.82) is 5.26 Å². The van der Waals surface area contributed by atoms with Gasteiger partial charge >= 0.3 is 6.18 Å². The van der Waals surface area contributed by atoms with E-state index in [1.165, 1.54) is 7.11 Å². The molecule has 1 aromatic carbocycles. The first-order valence-corrected chi connectivity index (χ1v) is 11.3. The Morgan fingerprint density at radius 3 is 2.62 bits per heavy atom. The molecule has 0 bridgehead atoms. The van der Waals surface area contributed by atoms with Crippen molar-refractivity contribution in [2.75, 3.05) is 19.4 Å². The second-order valence-electron chi connectivity index (χ2n) is 7.60. The quantitative estimate of drug-likeness (QED) is 0.527. The third-order valence-electron chi connectivity index (χ3n) is 5.47. The molecule has 1 amide bonds. The van der Waals surface area contributed by atoms with Crippen LogP contribution in [-0.2, 0) is 11.0 Å². The van der Waals surface area contributed by atoms with Crippen LogP contribution in [0.2, 0.25) is 0 Å². The monoisotopic (exact) mass is 463 g/mol. The average molecular weight is 464 g/mol. The van der Waals surface area contributed by atoms with Gasteiger partial charge in [-0.15, -0.1) is 11.8 Å². The van der Waals surface area contributed by atoms with Crippen LogP contribution in [0.4, 0.5) is 13.2 Å². The number of thioether (sulfide) groups is 1. The number of methoxy groups -OCH3 is 1. The minimum Gasteiger partial charge on any atom is -0.497 e. The number of ether oxygens (including phenoxy) is 1. The topological polar surface area (TPSA) is 66.2 Å². The summed E-state index contributed by atoms with van der Waals surface area (Å²) in [5, 5.41) is 9.42. The van der Waals surface area contributed by atoms with Crippen molar-refractivity contribution in [3.05, 3.63) is 41.5 Å². The van der Waals surface area contributed by atoms with E-state index in [4.69, 9.17) is 4.74 Å². The maximum atomic E-state index is 13.7. The van der Waals surface area contributed by atoms with E-state index >= 15 is 0 Å². The number of pyridine rings is 1. The number of amides is 1. The highest BCUT2D eigenvalue weighted by Crippen LogP contribution is 2.38. The van der Waals surface area contributed by atoms with Crippen LogP contribution in [0, 0.1) is 11.3 Å². The van der Waals surface area contributed by atoms with Crippen molar-refractivity contribution in [1.82, 2.24) is 9.88 Å². The standard InChI is InChI=1S/C23H24F3N3O2S/c1-15-5-3-4-11-29(15)21(30)10-12-32-22-18(14-27)19(23(24,25)26)13-20(28-22)16-6-8-17(31-2)9-7-16/h6-9,13,15H,3-5,10-12H2,1-2H3/t15-/m0/s1. The van der Waals surface area contributed by atoms with Crippen molar-refractivity contribution in [2.24, 2.45) is 0 Å². The number of nitriles is 1. The van der Waals surface area contributed by atoms with Gasteiger partial charge in [0.2, 0.25) is 5.91 Å². The summed E-state index contributed by atoms with van der Waals surface area (Å²) in [5.74, 6) is 0.789. The van der Waals surface area contributed by atoms with Crippen LogP contribution in [-0.4, -0.2) is 41.2 Å². The van der Waals surface area contributed by atoms with E-state index in [0.717, 1.165) is 37.1 Å². The first-order valence-electron chi connectivity index (χ1n) is 10.3. The van der Waals surface area contributed by atoms with Crippen LogP contribution in [0.15, 0.2) is 35.4 Å². The lowest BCUT2D eigenvalue weighted by atomic mass is 10.0. The molecular formula is C23H24F3N3O2S. The van der Waals surface area contributed by atoms with Gasteiger partial charge in [-0.05, 0) is 56.5 Å². The summed E-state index contributed by atoms with van der Waals surface area (Å²) in [6.45, 7) is 2.71. The van der Waals surface area contributed by atoms with Crippen LogP contribution in [0.5, 0.6) is 5.75 Å². The molecule has 1 aliphatic rings. The van der Waals surface area contributed by atoms with Crippen LogP contribution in [0.25, 0.3) is 11.3 Å². The molecule has 32 heavy (non-hydrogen) atoms. The highest BCUT2D eigenvalue weighted by Gasteiger charge is 2.36. The second-order valence-corrected chi connectivity index (χ2v) is 8.69. The van der Waals surface area contributed by atoms with Crippen LogP contribution < -0.4 is 4.74 Å². The molecule has 170 valence electrons. The fourth-order valence-corrected chi connectivity index (χ4v) is 4.65. The molecule has 0 spiro atoms. The number of aromatic nitrogens is 1. The SMILES string of the molecule is COc1ccc(-c2cc(C(F)(F)F)c(C#N)c(SCCC(=O)N3CCCC[C@@H]3C)n2)cc1. The van der Waals surface area contributed by atoms with Crippen molar-refractivity contribution in [2.45, 2.75) is 49.9 Å². The Hall–Kier alpha value is -2.73. The Balaban J connectivity index is 1.86. The molecule has 5 nitrogen and oxygen atoms in total. The number of piperidine rings is 1. The summed E-state index contributed by atoms with van der Waals surface area (Å²) >= 11 is 1.01. The normalized spacial score (nSPS) is 16.5. The maximum absolute atomic E-state index is 13.7. The summed E-state index contributed by atoms with van der Waals surface area (Å²) in [6, 6.07) is 9.22. The highest BCUT2D eigenvalue weighted by atomic mass is 32.2. The third kappa shape index (κ3) is 5.54. The number of hydrogen-bond donors (Lipinski definition) is 0.